The number of nitrogens with zero attached hydrogens (tertiary/aromatic N) is 3. The molecule has 3 aromatic rings. The number of halogens is 1. The minimum atomic E-state index is -3.92. The van der Waals surface area contributed by atoms with Gasteiger partial charge in [0.1, 0.15) is 0 Å². The number of amidine groups is 1. The highest BCUT2D eigenvalue weighted by Crippen LogP contribution is 2.29. The molecule has 146 valence electrons. The molecule has 0 saturated heterocycles. The lowest BCUT2D eigenvalue weighted by Crippen LogP contribution is -2.23. The van der Waals surface area contributed by atoms with Crippen molar-refractivity contribution < 1.29 is 8.42 Å². The molecule has 0 spiro atoms. The summed E-state index contributed by atoms with van der Waals surface area (Å²) in [4.78, 5) is 0.0872. The lowest BCUT2D eigenvalue weighted by atomic mass is 9.91. The highest BCUT2D eigenvalue weighted by Gasteiger charge is 2.31. The van der Waals surface area contributed by atoms with Crippen LogP contribution in [0.5, 0.6) is 0 Å². The van der Waals surface area contributed by atoms with Crippen molar-refractivity contribution in [2.75, 3.05) is 6.54 Å². The third kappa shape index (κ3) is 4.23. The largest absolute Gasteiger partial charge is 0.285 e. The summed E-state index contributed by atoms with van der Waals surface area (Å²) in [6, 6.07) is 27.7. The number of hydrogen-bond acceptors (Lipinski definition) is 3. The van der Waals surface area contributed by atoms with E-state index >= 15 is 0 Å². The van der Waals surface area contributed by atoms with Gasteiger partial charge < -0.3 is 0 Å². The first kappa shape index (κ1) is 19.4. The molecule has 0 bridgehead atoms. The van der Waals surface area contributed by atoms with Crippen LogP contribution in [0.15, 0.2) is 105 Å². The predicted molar refractivity (Wildman–Crippen MR) is 116 cm³/mol. The van der Waals surface area contributed by atoms with Crippen molar-refractivity contribution in [2.24, 2.45) is 9.50 Å². The molecule has 1 heterocycles. The number of hydrazone groups is 1. The maximum atomic E-state index is 12.6. The molecule has 0 amide bonds. The standard InChI is InChI=1S/C22H18ClN3O2S/c23-22(25-29(27,28)19-14-8-3-9-15-19)26-16-20(17-10-4-1-5-11-17)21(24-26)18-12-6-2-7-13-18/h1-15,20H,16H2/b25-22+/t20-/m1/s1. The van der Waals surface area contributed by atoms with E-state index in [0.717, 1.165) is 16.8 Å². The van der Waals surface area contributed by atoms with E-state index in [9.17, 15) is 8.42 Å². The first-order valence-corrected chi connectivity index (χ1v) is 10.9. The minimum Gasteiger partial charge on any atom is -0.236 e. The van der Waals surface area contributed by atoms with Crippen molar-refractivity contribution in [3.05, 3.63) is 102 Å². The van der Waals surface area contributed by atoms with E-state index in [0.29, 0.717) is 6.54 Å². The summed E-state index contributed by atoms with van der Waals surface area (Å²) in [5.41, 5.74) is 2.86. The number of sulfonamides is 1. The zero-order valence-corrected chi connectivity index (χ0v) is 17.0. The van der Waals surface area contributed by atoms with Gasteiger partial charge in [-0.15, -0.1) is 4.40 Å². The third-order valence-corrected chi connectivity index (χ3v) is 6.30. The topological polar surface area (TPSA) is 62.1 Å². The molecule has 0 aliphatic carbocycles. The molecule has 0 aromatic heterocycles. The van der Waals surface area contributed by atoms with Crippen LogP contribution < -0.4 is 0 Å². The molecule has 0 saturated carbocycles. The SMILES string of the molecule is O=S(=O)(/N=C(\Cl)N1C[C@H](c2ccccc2)C(c2ccccc2)=N1)c1ccccc1. The second kappa shape index (κ2) is 8.19. The van der Waals surface area contributed by atoms with Crippen LogP contribution in [0.2, 0.25) is 0 Å². The maximum absolute atomic E-state index is 12.6. The van der Waals surface area contributed by atoms with Crippen molar-refractivity contribution in [3.63, 3.8) is 0 Å². The molecular weight excluding hydrogens is 406 g/mol. The van der Waals surface area contributed by atoms with E-state index in [1.54, 1.807) is 18.2 Å². The van der Waals surface area contributed by atoms with Gasteiger partial charge in [-0.05, 0) is 34.9 Å². The summed E-state index contributed by atoms with van der Waals surface area (Å²) in [6.07, 6.45) is 0. The van der Waals surface area contributed by atoms with Gasteiger partial charge in [0.05, 0.1) is 17.2 Å². The molecule has 0 unspecified atom stereocenters. The third-order valence-electron chi connectivity index (χ3n) is 4.64. The second-order valence-electron chi connectivity index (χ2n) is 6.55. The van der Waals surface area contributed by atoms with Gasteiger partial charge in [0.2, 0.25) is 5.29 Å². The highest BCUT2D eigenvalue weighted by molar-refractivity contribution is 7.90. The van der Waals surface area contributed by atoms with Crippen molar-refractivity contribution in [1.82, 2.24) is 5.01 Å². The lowest BCUT2D eigenvalue weighted by Gasteiger charge is -2.15. The first-order chi connectivity index (χ1) is 14.0. The molecule has 29 heavy (non-hydrogen) atoms. The Morgan fingerprint density at radius 1 is 0.897 bits per heavy atom. The van der Waals surface area contributed by atoms with E-state index in [-0.39, 0.29) is 16.1 Å². The molecular formula is C22H18ClN3O2S. The van der Waals surface area contributed by atoms with E-state index < -0.39 is 10.0 Å². The smallest absolute Gasteiger partial charge is 0.236 e. The van der Waals surface area contributed by atoms with Gasteiger partial charge in [-0.1, -0.05) is 78.9 Å². The summed E-state index contributed by atoms with van der Waals surface area (Å²) in [6.45, 7) is 0.404. The highest BCUT2D eigenvalue weighted by atomic mass is 35.5. The molecule has 0 N–H and O–H groups in total. The Kier molecular flexibility index (Phi) is 5.47. The Bertz CT molecular complexity index is 1150. The summed E-state index contributed by atoms with van der Waals surface area (Å²) in [5, 5.41) is 5.88. The van der Waals surface area contributed by atoms with Crippen LogP contribution in [0.1, 0.15) is 17.0 Å². The van der Waals surface area contributed by atoms with Gasteiger partial charge in [0.15, 0.2) is 0 Å². The predicted octanol–water partition coefficient (Wildman–Crippen LogP) is 4.47. The fourth-order valence-electron chi connectivity index (χ4n) is 3.22. The Morgan fingerprint density at radius 3 is 2.07 bits per heavy atom. The van der Waals surface area contributed by atoms with Gasteiger partial charge in [0, 0.05) is 5.92 Å². The Morgan fingerprint density at radius 2 is 1.45 bits per heavy atom. The van der Waals surface area contributed by atoms with Gasteiger partial charge in [-0.3, -0.25) is 0 Å². The first-order valence-electron chi connectivity index (χ1n) is 9.06. The molecule has 0 radical (unpaired) electrons. The number of benzene rings is 3. The molecule has 0 fully saturated rings. The lowest BCUT2D eigenvalue weighted by molar-refractivity contribution is 0.483. The number of rotatable bonds is 4. The van der Waals surface area contributed by atoms with Crippen LogP contribution >= 0.6 is 11.6 Å². The van der Waals surface area contributed by atoms with Crippen LogP contribution in [0.25, 0.3) is 0 Å². The fourth-order valence-corrected chi connectivity index (χ4v) is 4.50. The van der Waals surface area contributed by atoms with Crippen LogP contribution in [0, 0.1) is 0 Å². The average Bonchev–Trinajstić information content (AvgIpc) is 3.21. The van der Waals surface area contributed by atoms with E-state index in [1.165, 1.54) is 17.1 Å². The van der Waals surface area contributed by atoms with Gasteiger partial charge >= 0.3 is 0 Å². The Hall–Kier alpha value is -2.96. The van der Waals surface area contributed by atoms with Crippen molar-refractivity contribution >= 4 is 32.6 Å². The minimum absolute atomic E-state index is 0.0537. The summed E-state index contributed by atoms with van der Waals surface area (Å²) in [5.74, 6) is -0.0537. The monoisotopic (exact) mass is 423 g/mol. The molecule has 1 aliphatic rings. The van der Waals surface area contributed by atoms with Gasteiger partial charge in [0.25, 0.3) is 10.0 Å². The quantitative estimate of drug-likeness (QED) is 0.353. The molecule has 3 aromatic carbocycles. The molecule has 4 rings (SSSR count). The molecule has 5 nitrogen and oxygen atoms in total. The van der Waals surface area contributed by atoms with Crippen LogP contribution in [0.3, 0.4) is 0 Å². The van der Waals surface area contributed by atoms with Crippen LogP contribution in [-0.4, -0.2) is 31.0 Å². The normalized spacial score (nSPS) is 17.3. The second-order valence-corrected chi connectivity index (χ2v) is 8.49. The van der Waals surface area contributed by atoms with Crippen molar-refractivity contribution in [2.45, 2.75) is 10.8 Å². The molecule has 1 atom stereocenters. The molecule has 7 heteroatoms. The van der Waals surface area contributed by atoms with E-state index in [2.05, 4.69) is 9.50 Å². The summed E-state index contributed by atoms with van der Waals surface area (Å²) >= 11 is 6.32. The van der Waals surface area contributed by atoms with Crippen LogP contribution in [-0.2, 0) is 10.0 Å². The van der Waals surface area contributed by atoms with Crippen molar-refractivity contribution in [3.8, 4) is 0 Å². The Labute approximate surface area is 175 Å². The number of hydrogen-bond donors (Lipinski definition) is 0. The van der Waals surface area contributed by atoms with Gasteiger partial charge in [-0.2, -0.15) is 13.5 Å². The zero-order chi connectivity index (χ0) is 20.3. The fraction of sp³-hybridized carbons (Fsp3) is 0.0909. The van der Waals surface area contributed by atoms with Gasteiger partial charge in [-0.25, -0.2) is 5.01 Å². The van der Waals surface area contributed by atoms with E-state index in [4.69, 9.17) is 11.6 Å². The Balaban J connectivity index is 1.70. The summed E-state index contributed by atoms with van der Waals surface area (Å²) < 4.78 is 28.9. The van der Waals surface area contributed by atoms with Crippen LogP contribution in [0.4, 0.5) is 0 Å². The summed E-state index contributed by atoms with van der Waals surface area (Å²) in [7, 11) is -3.92. The van der Waals surface area contributed by atoms with E-state index in [1.807, 2.05) is 60.7 Å². The maximum Gasteiger partial charge on any atom is 0.285 e. The average molecular weight is 424 g/mol. The zero-order valence-electron chi connectivity index (χ0n) is 15.4. The molecule has 1 aliphatic heterocycles. The van der Waals surface area contributed by atoms with Crippen molar-refractivity contribution in [1.29, 1.82) is 0 Å².